The Hall–Kier alpha value is -1.85. The van der Waals surface area contributed by atoms with Crippen LogP contribution in [0.4, 0.5) is 11.5 Å². The van der Waals surface area contributed by atoms with Crippen molar-refractivity contribution in [1.82, 2.24) is 9.38 Å². The molecule has 0 spiro atoms. The quantitative estimate of drug-likeness (QED) is 0.802. The van der Waals surface area contributed by atoms with Crippen LogP contribution in [0.1, 0.15) is 11.3 Å². The zero-order valence-corrected chi connectivity index (χ0v) is 12.5. The smallest absolute Gasteiger partial charge is 0.195 e. The predicted octanol–water partition coefficient (Wildman–Crippen LogP) is 2.97. The van der Waals surface area contributed by atoms with Crippen LogP contribution in [0.15, 0.2) is 35.8 Å². The number of imidazole rings is 1. The Kier molecular flexibility index (Phi) is 3.46. The summed E-state index contributed by atoms with van der Waals surface area (Å²) in [5.41, 5.74) is 9.32. The standard InChI is InChI=1S/C15H18N4S/c1-11-3-5-12(6-4-11)18(2)14-13(7-8-16)19-9-10-20-15(19)17-14/h3-6,9-10H,7-8,16H2,1-2H3. The Labute approximate surface area is 122 Å². The third-order valence-corrected chi connectivity index (χ3v) is 4.22. The monoisotopic (exact) mass is 286 g/mol. The summed E-state index contributed by atoms with van der Waals surface area (Å²) in [6.45, 7) is 2.72. The van der Waals surface area contributed by atoms with Crippen molar-refractivity contribution in [2.45, 2.75) is 13.3 Å². The van der Waals surface area contributed by atoms with E-state index in [1.165, 1.54) is 11.3 Å². The van der Waals surface area contributed by atoms with Crippen LogP contribution >= 0.6 is 11.3 Å². The maximum Gasteiger partial charge on any atom is 0.195 e. The third kappa shape index (κ3) is 2.19. The highest BCUT2D eigenvalue weighted by Crippen LogP contribution is 2.29. The number of aryl methyl sites for hydroxylation is 1. The number of anilines is 2. The van der Waals surface area contributed by atoms with Gasteiger partial charge in [0, 0.05) is 30.7 Å². The Morgan fingerprint density at radius 1 is 1.30 bits per heavy atom. The van der Waals surface area contributed by atoms with Crippen LogP contribution in [-0.4, -0.2) is 23.0 Å². The number of aromatic nitrogens is 2. The lowest BCUT2D eigenvalue weighted by Gasteiger charge is -2.18. The summed E-state index contributed by atoms with van der Waals surface area (Å²) in [4.78, 5) is 7.89. The zero-order chi connectivity index (χ0) is 14.1. The average molecular weight is 286 g/mol. The topological polar surface area (TPSA) is 46.6 Å². The molecule has 0 saturated heterocycles. The summed E-state index contributed by atoms with van der Waals surface area (Å²) in [6.07, 6.45) is 2.88. The lowest BCUT2D eigenvalue weighted by molar-refractivity contribution is 0.902. The second kappa shape index (κ2) is 5.26. The molecule has 20 heavy (non-hydrogen) atoms. The minimum absolute atomic E-state index is 0.623. The molecule has 1 aromatic carbocycles. The van der Waals surface area contributed by atoms with Crippen LogP contribution in [0.3, 0.4) is 0 Å². The van der Waals surface area contributed by atoms with Gasteiger partial charge in [0.15, 0.2) is 10.8 Å². The van der Waals surface area contributed by atoms with E-state index in [-0.39, 0.29) is 0 Å². The van der Waals surface area contributed by atoms with Crippen molar-refractivity contribution in [3.8, 4) is 0 Å². The maximum absolute atomic E-state index is 5.75. The van der Waals surface area contributed by atoms with Crippen molar-refractivity contribution >= 4 is 27.8 Å². The van der Waals surface area contributed by atoms with E-state index in [0.717, 1.165) is 22.9 Å². The molecule has 3 aromatic rings. The number of fused-ring (bicyclic) bond motifs is 1. The average Bonchev–Trinajstić information content (AvgIpc) is 3.02. The largest absolute Gasteiger partial charge is 0.330 e. The molecule has 2 aromatic heterocycles. The number of benzene rings is 1. The lowest BCUT2D eigenvalue weighted by Crippen LogP contribution is -2.14. The molecule has 0 radical (unpaired) electrons. The van der Waals surface area contributed by atoms with E-state index in [9.17, 15) is 0 Å². The van der Waals surface area contributed by atoms with Crippen molar-refractivity contribution in [2.24, 2.45) is 5.73 Å². The Morgan fingerprint density at radius 2 is 2.05 bits per heavy atom. The number of hydrogen-bond donors (Lipinski definition) is 1. The molecule has 0 atom stereocenters. The number of thiazole rings is 1. The zero-order valence-electron chi connectivity index (χ0n) is 11.7. The highest BCUT2D eigenvalue weighted by Gasteiger charge is 2.16. The van der Waals surface area contributed by atoms with Gasteiger partial charge in [-0.05, 0) is 25.6 Å². The predicted molar refractivity (Wildman–Crippen MR) is 85.1 cm³/mol. The van der Waals surface area contributed by atoms with E-state index < -0.39 is 0 Å². The van der Waals surface area contributed by atoms with Gasteiger partial charge in [-0.15, -0.1) is 11.3 Å². The molecule has 0 aliphatic carbocycles. The third-order valence-electron chi connectivity index (χ3n) is 3.46. The molecule has 0 amide bonds. The fourth-order valence-corrected chi connectivity index (χ4v) is 3.08. The first-order valence-corrected chi connectivity index (χ1v) is 7.53. The van der Waals surface area contributed by atoms with Crippen molar-refractivity contribution in [3.63, 3.8) is 0 Å². The Morgan fingerprint density at radius 3 is 2.75 bits per heavy atom. The SMILES string of the molecule is Cc1ccc(N(C)c2nc3sccn3c2CCN)cc1. The minimum atomic E-state index is 0.623. The van der Waals surface area contributed by atoms with Gasteiger partial charge in [-0.25, -0.2) is 4.98 Å². The lowest BCUT2D eigenvalue weighted by atomic mass is 10.2. The van der Waals surface area contributed by atoms with Gasteiger partial charge in [0.25, 0.3) is 0 Å². The molecule has 5 heteroatoms. The normalized spacial score (nSPS) is 11.2. The van der Waals surface area contributed by atoms with Crippen LogP contribution < -0.4 is 10.6 Å². The number of hydrogen-bond acceptors (Lipinski definition) is 4. The van der Waals surface area contributed by atoms with Crippen LogP contribution in [0, 0.1) is 6.92 Å². The molecule has 0 fully saturated rings. The second-order valence-electron chi connectivity index (χ2n) is 4.87. The van der Waals surface area contributed by atoms with Gasteiger partial charge in [0.1, 0.15) is 0 Å². The molecule has 0 unspecified atom stereocenters. The van der Waals surface area contributed by atoms with Gasteiger partial charge in [-0.2, -0.15) is 0 Å². The molecular formula is C15H18N4S. The highest BCUT2D eigenvalue weighted by molar-refractivity contribution is 7.15. The Balaban J connectivity index is 2.05. The molecule has 0 aliphatic heterocycles. The van der Waals surface area contributed by atoms with Crippen molar-refractivity contribution < 1.29 is 0 Å². The molecule has 0 aliphatic rings. The van der Waals surface area contributed by atoms with Crippen LogP contribution in [0.2, 0.25) is 0 Å². The van der Waals surface area contributed by atoms with E-state index in [1.807, 2.05) is 0 Å². The molecule has 4 nitrogen and oxygen atoms in total. The first kappa shape index (κ1) is 13.1. The second-order valence-corrected chi connectivity index (χ2v) is 5.74. The Bertz CT molecular complexity index is 711. The van der Waals surface area contributed by atoms with Crippen LogP contribution in [-0.2, 0) is 6.42 Å². The fraction of sp³-hybridized carbons (Fsp3) is 0.267. The molecular weight excluding hydrogens is 268 g/mol. The van der Waals surface area contributed by atoms with E-state index in [1.54, 1.807) is 11.3 Å². The molecule has 104 valence electrons. The highest BCUT2D eigenvalue weighted by atomic mass is 32.1. The summed E-state index contributed by atoms with van der Waals surface area (Å²) in [6, 6.07) is 8.48. The molecule has 0 saturated carbocycles. The first-order chi connectivity index (χ1) is 9.70. The van der Waals surface area contributed by atoms with Crippen LogP contribution in [0.5, 0.6) is 0 Å². The van der Waals surface area contributed by atoms with Crippen molar-refractivity contribution in [1.29, 1.82) is 0 Å². The maximum atomic E-state index is 5.75. The summed E-state index contributed by atoms with van der Waals surface area (Å²) < 4.78 is 2.14. The molecule has 3 rings (SSSR count). The summed E-state index contributed by atoms with van der Waals surface area (Å²) in [5.74, 6) is 0.992. The van der Waals surface area contributed by atoms with Gasteiger partial charge in [0.2, 0.25) is 0 Å². The summed E-state index contributed by atoms with van der Waals surface area (Å²) in [5, 5.41) is 2.05. The summed E-state index contributed by atoms with van der Waals surface area (Å²) >= 11 is 1.65. The minimum Gasteiger partial charge on any atom is -0.330 e. The molecule has 0 bridgehead atoms. The van der Waals surface area contributed by atoms with Gasteiger partial charge >= 0.3 is 0 Å². The summed E-state index contributed by atoms with van der Waals surface area (Å²) in [7, 11) is 2.05. The van der Waals surface area contributed by atoms with E-state index in [2.05, 4.69) is 59.1 Å². The van der Waals surface area contributed by atoms with E-state index in [4.69, 9.17) is 10.7 Å². The van der Waals surface area contributed by atoms with Crippen LogP contribution in [0.25, 0.3) is 4.96 Å². The van der Waals surface area contributed by atoms with Crippen molar-refractivity contribution in [2.75, 3.05) is 18.5 Å². The van der Waals surface area contributed by atoms with Gasteiger partial charge < -0.3 is 10.6 Å². The number of nitrogens with zero attached hydrogens (tertiary/aromatic N) is 3. The van der Waals surface area contributed by atoms with E-state index >= 15 is 0 Å². The van der Waals surface area contributed by atoms with E-state index in [0.29, 0.717) is 6.54 Å². The molecule has 2 heterocycles. The molecule has 2 N–H and O–H groups in total. The van der Waals surface area contributed by atoms with Gasteiger partial charge in [0.05, 0.1) is 5.69 Å². The number of nitrogens with two attached hydrogens (primary N) is 1. The van der Waals surface area contributed by atoms with Gasteiger partial charge in [-0.3, -0.25) is 4.40 Å². The number of rotatable bonds is 4. The van der Waals surface area contributed by atoms with Crippen molar-refractivity contribution in [3.05, 3.63) is 47.1 Å². The van der Waals surface area contributed by atoms with Gasteiger partial charge in [-0.1, -0.05) is 17.7 Å². The first-order valence-electron chi connectivity index (χ1n) is 6.65. The fourth-order valence-electron chi connectivity index (χ4n) is 2.35.